The highest BCUT2D eigenvalue weighted by Gasteiger charge is 2.29. The van der Waals surface area contributed by atoms with E-state index >= 15 is 0 Å². The van der Waals surface area contributed by atoms with Crippen LogP contribution in [0.15, 0.2) is 42.5 Å². The molecular weight excluding hydrogens is 380 g/mol. The average molecular weight is 415 g/mol. The van der Waals surface area contributed by atoms with Crippen LogP contribution in [-0.4, -0.2) is 33.7 Å². The van der Waals surface area contributed by atoms with Gasteiger partial charge in [-0.05, 0) is 51.8 Å². The van der Waals surface area contributed by atoms with E-state index < -0.39 is 5.54 Å². The molecule has 158 valence electrons. The Morgan fingerprint density at radius 3 is 2.21 bits per heavy atom. The van der Waals surface area contributed by atoms with E-state index in [0.29, 0.717) is 19.5 Å². The van der Waals surface area contributed by atoms with Crippen molar-refractivity contribution in [2.24, 2.45) is 0 Å². The number of nitrogens with zero attached hydrogens (tertiary/aromatic N) is 2. The molecule has 1 aromatic carbocycles. The summed E-state index contributed by atoms with van der Waals surface area (Å²) in [6.45, 7) is 11.3. The van der Waals surface area contributed by atoms with E-state index in [2.05, 4.69) is 26.0 Å². The molecule has 0 atom stereocenters. The largest absolute Gasteiger partial charge is 0.332 e. The number of rotatable bonds is 9. The summed E-state index contributed by atoms with van der Waals surface area (Å²) in [5.74, 6) is 0.0407. The van der Waals surface area contributed by atoms with Crippen molar-refractivity contribution < 1.29 is 9.59 Å². The number of thiophene rings is 1. The summed E-state index contributed by atoms with van der Waals surface area (Å²) in [6, 6.07) is 14.2. The predicted molar refractivity (Wildman–Crippen MR) is 121 cm³/mol. The van der Waals surface area contributed by atoms with E-state index in [-0.39, 0.29) is 18.4 Å². The molecular formula is C24H34N2O2S. The molecule has 2 amide bonds. The molecule has 0 saturated carbocycles. The van der Waals surface area contributed by atoms with Gasteiger partial charge in [-0.15, -0.1) is 11.3 Å². The Hall–Kier alpha value is -2.14. The van der Waals surface area contributed by atoms with Crippen molar-refractivity contribution in [2.75, 3.05) is 6.54 Å². The fourth-order valence-electron chi connectivity index (χ4n) is 3.19. The maximum absolute atomic E-state index is 13.3. The van der Waals surface area contributed by atoms with Gasteiger partial charge in [-0.2, -0.15) is 0 Å². The molecule has 0 spiro atoms. The second-order valence-electron chi connectivity index (χ2n) is 8.50. The fourth-order valence-corrected chi connectivity index (χ4v) is 4.10. The van der Waals surface area contributed by atoms with Gasteiger partial charge in [0, 0.05) is 28.3 Å². The third kappa shape index (κ3) is 7.32. The molecule has 0 unspecified atom stereocenters. The van der Waals surface area contributed by atoms with Crippen LogP contribution in [0.25, 0.3) is 0 Å². The Morgan fingerprint density at radius 2 is 1.66 bits per heavy atom. The second-order valence-corrected chi connectivity index (χ2v) is 9.87. The lowest BCUT2D eigenvalue weighted by Crippen LogP contribution is -2.50. The second kappa shape index (κ2) is 10.6. The number of hydrogen-bond acceptors (Lipinski definition) is 3. The molecule has 0 N–H and O–H groups in total. The van der Waals surface area contributed by atoms with Gasteiger partial charge in [0.15, 0.2) is 0 Å². The zero-order valence-corrected chi connectivity index (χ0v) is 19.2. The summed E-state index contributed by atoms with van der Waals surface area (Å²) in [6.07, 6.45) is 2.31. The summed E-state index contributed by atoms with van der Waals surface area (Å²) in [5, 5.41) is 0. The Kier molecular flexibility index (Phi) is 8.45. The maximum atomic E-state index is 13.3. The molecule has 5 heteroatoms. The van der Waals surface area contributed by atoms with Crippen LogP contribution in [0, 0.1) is 6.92 Å². The highest BCUT2D eigenvalue weighted by atomic mass is 32.1. The molecule has 0 aliphatic carbocycles. The first-order valence-corrected chi connectivity index (χ1v) is 11.2. The first-order valence-electron chi connectivity index (χ1n) is 10.4. The fraction of sp³-hybridized carbons (Fsp3) is 0.500. The number of unbranched alkanes of at least 4 members (excludes halogenated alkanes) is 1. The van der Waals surface area contributed by atoms with Crippen LogP contribution < -0.4 is 0 Å². The quantitative estimate of drug-likeness (QED) is 0.551. The minimum absolute atomic E-state index is 0.0142. The van der Waals surface area contributed by atoms with Crippen LogP contribution in [-0.2, 0) is 22.7 Å². The maximum Gasteiger partial charge on any atom is 0.242 e. The van der Waals surface area contributed by atoms with Gasteiger partial charge in [0.05, 0.1) is 6.54 Å². The summed E-state index contributed by atoms with van der Waals surface area (Å²) in [4.78, 5) is 32.1. The van der Waals surface area contributed by atoms with E-state index in [1.807, 2.05) is 56.0 Å². The topological polar surface area (TPSA) is 40.6 Å². The average Bonchev–Trinajstić information content (AvgIpc) is 3.08. The first-order chi connectivity index (χ1) is 13.7. The Bertz CT molecular complexity index is 793. The molecule has 0 saturated heterocycles. The number of hydrogen-bond donors (Lipinski definition) is 0. The van der Waals surface area contributed by atoms with Crippen molar-refractivity contribution in [1.29, 1.82) is 0 Å². The molecule has 1 aromatic heterocycles. The number of carbonyl (C=O) groups is 2. The summed E-state index contributed by atoms with van der Waals surface area (Å²) < 4.78 is 0. The molecule has 0 aliphatic rings. The summed E-state index contributed by atoms with van der Waals surface area (Å²) >= 11 is 1.71. The first kappa shape index (κ1) is 23.1. The van der Waals surface area contributed by atoms with Crippen molar-refractivity contribution in [3.63, 3.8) is 0 Å². The summed E-state index contributed by atoms with van der Waals surface area (Å²) in [7, 11) is 0. The lowest BCUT2D eigenvalue weighted by atomic mass is 10.0. The van der Waals surface area contributed by atoms with E-state index in [1.54, 1.807) is 16.2 Å². The van der Waals surface area contributed by atoms with E-state index in [1.165, 1.54) is 4.88 Å². The van der Waals surface area contributed by atoms with Crippen LogP contribution in [0.1, 0.15) is 62.3 Å². The van der Waals surface area contributed by atoms with Gasteiger partial charge in [0.2, 0.25) is 11.8 Å². The van der Waals surface area contributed by atoms with Crippen molar-refractivity contribution >= 4 is 23.2 Å². The standard InChI is InChI=1S/C24H34N2O2S/c1-6-7-13-22(27)26(24(3,4)5)18-23(28)25(16-20-11-9-8-10-12-20)17-21-15-14-19(2)29-21/h8-12,14-15H,6-7,13,16-18H2,1-5H3. The van der Waals surface area contributed by atoms with E-state index in [9.17, 15) is 9.59 Å². The highest BCUT2D eigenvalue weighted by Crippen LogP contribution is 2.21. The Morgan fingerprint density at radius 1 is 0.966 bits per heavy atom. The molecule has 0 fully saturated rings. The van der Waals surface area contributed by atoms with Gasteiger partial charge < -0.3 is 9.80 Å². The molecule has 2 rings (SSSR count). The lowest BCUT2D eigenvalue weighted by molar-refractivity contribution is -0.145. The minimum atomic E-state index is -0.390. The van der Waals surface area contributed by atoms with Crippen LogP contribution in [0.5, 0.6) is 0 Å². The van der Waals surface area contributed by atoms with E-state index in [0.717, 1.165) is 23.3 Å². The molecule has 2 aromatic rings. The van der Waals surface area contributed by atoms with Gasteiger partial charge >= 0.3 is 0 Å². The zero-order chi connectivity index (χ0) is 21.4. The van der Waals surface area contributed by atoms with Gasteiger partial charge in [0.25, 0.3) is 0 Å². The molecule has 0 bridgehead atoms. The monoisotopic (exact) mass is 414 g/mol. The number of carbonyl (C=O) groups excluding carboxylic acids is 2. The molecule has 29 heavy (non-hydrogen) atoms. The van der Waals surface area contributed by atoms with Gasteiger partial charge in [-0.3, -0.25) is 9.59 Å². The molecule has 4 nitrogen and oxygen atoms in total. The van der Waals surface area contributed by atoms with Gasteiger partial charge in [-0.1, -0.05) is 43.7 Å². The highest BCUT2D eigenvalue weighted by molar-refractivity contribution is 7.11. The van der Waals surface area contributed by atoms with Crippen molar-refractivity contribution in [3.8, 4) is 0 Å². The number of aryl methyl sites for hydroxylation is 1. The lowest BCUT2D eigenvalue weighted by Gasteiger charge is -2.37. The van der Waals surface area contributed by atoms with Crippen molar-refractivity contribution in [3.05, 3.63) is 57.8 Å². The van der Waals surface area contributed by atoms with Crippen LogP contribution in [0.3, 0.4) is 0 Å². The van der Waals surface area contributed by atoms with Gasteiger partial charge in [-0.25, -0.2) is 0 Å². The third-order valence-electron chi connectivity index (χ3n) is 4.86. The Labute approximate surface area is 179 Å². The SMILES string of the molecule is CCCCC(=O)N(CC(=O)N(Cc1ccccc1)Cc1ccc(C)s1)C(C)(C)C. The predicted octanol–water partition coefficient (Wildman–Crippen LogP) is 5.40. The summed E-state index contributed by atoms with van der Waals surface area (Å²) in [5.41, 5.74) is 0.701. The van der Waals surface area contributed by atoms with Gasteiger partial charge in [0.1, 0.15) is 6.54 Å². The minimum Gasteiger partial charge on any atom is -0.332 e. The van der Waals surface area contributed by atoms with E-state index in [4.69, 9.17) is 0 Å². The molecule has 0 radical (unpaired) electrons. The van der Waals surface area contributed by atoms with Crippen LogP contribution in [0.2, 0.25) is 0 Å². The molecule has 0 aliphatic heterocycles. The zero-order valence-electron chi connectivity index (χ0n) is 18.4. The number of amides is 2. The van der Waals surface area contributed by atoms with Crippen LogP contribution >= 0.6 is 11.3 Å². The number of benzene rings is 1. The van der Waals surface area contributed by atoms with Crippen molar-refractivity contribution in [1.82, 2.24) is 9.80 Å². The normalized spacial score (nSPS) is 11.3. The smallest absolute Gasteiger partial charge is 0.242 e. The Balaban J connectivity index is 2.20. The van der Waals surface area contributed by atoms with Crippen LogP contribution in [0.4, 0.5) is 0 Å². The third-order valence-corrected chi connectivity index (χ3v) is 5.85. The molecule has 1 heterocycles. The van der Waals surface area contributed by atoms with Crippen molar-refractivity contribution in [2.45, 2.75) is 72.5 Å².